The molecule has 0 N–H and O–H groups in total. The zero-order valence-electron chi connectivity index (χ0n) is 7.22. The van der Waals surface area contributed by atoms with Crippen LogP contribution in [0.15, 0.2) is 24.3 Å². The Labute approximate surface area is 64.0 Å². The van der Waals surface area contributed by atoms with Crippen LogP contribution in [0.25, 0.3) is 0 Å². The highest BCUT2D eigenvalue weighted by Crippen LogP contribution is 1.99. The first-order valence-electron chi connectivity index (χ1n) is 3.59. The predicted octanol–water partition coefficient (Wildman–Crippen LogP) is 2.07. The molecule has 0 amide bonds. The van der Waals surface area contributed by atoms with Crippen LogP contribution >= 0.6 is 0 Å². The first-order valence-corrected chi connectivity index (χ1v) is 3.59. The van der Waals surface area contributed by atoms with Gasteiger partial charge >= 0.3 is 0 Å². The molecule has 0 aromatic rings. The second-order valence-electron chi connectivity index (χ2n) is 2.80. The molecule has 0 spiro atoms. The first kappa shape index (κ1) is 9.44. The average molecular weight is 139 g/mol. The zero-order valence-corrected chi connectivity index (χ0v) is 7.22. The molecule has 0 radical (unpaired) electrons. The third-order valence-corrected chi connectivity index (χ3v) is 1.36. The van der Waals surface area contributed by atoms with E-state index < -0.39 is 0 Å². The molecule has 0 aliphatic carbocycles. The second-order valence-corrected chi connectivity index (χ2v) is 2.80. The van der Waals surface area contributed by atoms with Gasteiger partial charge in [-0.25, -0.2) is 0 Å². The molecule has 0 aromatic heterocycles. The normalized spacial score (nSPS) is 12.2. The minimum Gasteiger partial charge on any atom is -0.309 e. The monoisotopic (exact) mass is 139 g/mol. The van der Waals surface area contributed by atoms with Crippen LogP contribution in [0.4, 0.5) is 0 Å². The highest BCUT2D eigenvalue weighted by Gasteiger charge is 1.89. The first-order chi connectivity index (χ1) is 4.66. The van der Waals surface area contributed by atoms with E-state index in [0.29, 0.717) is 0 Å². The van der Waals surface area contributed by atoms with Crippen LogP contribution in [0, 0.1) is 0 Å². The topological polar surface area (TPSA) is 3.24 Å². The van der Waals surface area contributed by atoms with Gasteiger partial charge in [0.25, 0.3) is 0 Å². The summed E-state index contributed by atoms with van der Waals surface area (Å²) in [5.74, 6) is 0. The molecular weight excluding hydrogens is 122 g/mol. The van der Waals surface area contributed by atoms with Gasteiger partial charge in [-0.05, 0) is 27.4 Å². The summed E-state index contributed by atoms with van der Waals surface area (Å²) in [5.41, 5.74) is 1.39. The van der Waals surface area contributed by atoms with Gasteiger partial charge in [0.1, 0.15) is 0 Å². The number of nitrogens with zero attached hydrogens (tertiary/aromatic N) is 1. The molecule has 0 bridgehead atoms. The number of allylic oxidation sites excluding steroid dienone is 2. The highest BCUT2D eigenvalue weighted by molar-refractivity contribution is 5.07. The van der Waals surface area contributed by atoms with Gasteiger partial charge in [-0.1, -0.05) is 24.3 Å². The van der Waals surface area contributed by atoms with Crippen molar-refractivity contribution in [3.05, 3.63) is 24.3 Å². The molecule has 0 aromatic carbocycles. The summed E-state index contributed by atoms with van der Waals surface area (Å²) in [5, 5.41) is 0. The Morgan fingerprint density at radius 3 is 2.50 bits per heavy atom. The van der Waals surface area contributed by atoms with Gasteiger partial charge in [0.15, 0.2) is 0 Å². The molecule has 0 unspecified atom stereocenters. The summed E-state index contributed by atoms with van der Waals surface area (Å²) in [6, 6.07) is 0. The van der Waals surface area contributed by atoms with Gasteiger partial charge in [0, 0.05) is 6.54 Å². The number of rotatable bonds is 4. The lowest BCUT2D eigenvalue weighted by atomic mass is 10.2. The zero-order chi connectivity index (χ0) is 7.98. The minimum absolute atomic E-state index is 1.12. The van der Waals surface area contributed by atoms with Crippen molar-refractivity contribution in [3.63, 3.8) is 0 Å². The Morgan fingerprint density at radius 2 is 2.10 bits per heavy atom. The Kier molecular flexibility index (Phi) is 4.95. The summed E-state index contributed by atoms with van der Waals surface area (Å²) in [7, 11) is 4.17. The SMILES string of the molecule is C=C/C=C(\C)CCN(C)C. The quantitative estimate of drug-likeness (QED) is 0.539. The second kappa shape index (κ2) is 5.24. The molecule has 1 heteroatoms. The molecule has 0 fully saturated rings. The van der Waals surface area contributed by atoms with Gasteiger partial charge in [0.05, 0.1) is 0 Å². The van der Waals surface area contributed by atoms with Crippen LogP contribution in [-0.4, -0.2) is 25.5 Å². The Balaban J connectivity index is 3.48. The van der Waals surface area contributed by atoms with Crippen LogP contribution in [0.1, 0.15) is 13.3 Å². The minimum atomic E-state index is 1.12. The van der Waals surface area contributed by atoms with Gasteiger partial charge in [-0.3, -0.25) is 0 Å². The maximum Gasteiger partial charge on any atom is 0.00125 e. The predicted molar refractivity (Wildman–Crippen MR) is 47.1 cm³/mol. The number of hydrogen-bond donors (Lipinski definition) is 0. The van der Waals surface area contributed by atoms with Crippen molar-refractivity contribution in [2.24, 2.45) is 0 Å². The summed E-state index contributed by atoms with van der Waals surface area (Å²) in [6.45, 7) is 6.89. The van der Waals surface area contributed by atoms with E-state index in [9.17, 15) is 0 Å². The molecular formula is C9H17N. The Bertz CT molecular complexity index is 123. The highest BCUT2D eigenvalue weighted by atomic mass is 15.0. The van der Waals surface area contributed by atoms with Crippen molar-refractivity contribution in [3.8, 4) is 0 Å². The van der Waals surface area contributed by atoms with Crippen molar-refractivity contribution in [2.45, 2.75) is 13.3 Å². The lowest BCUT2D eigenvalue weighted by molar-refractivity contribution is 0.413. The fourth-order valence-electron chi connectivity index (χ4n) is 0.684. The largest absolute Gasteiger partial charge is 0.309 e. The number of hydrogen-bond acceptors (Lipinski definition) is 1. The van der Waals surface area contributed by atoms with Crippen LogP contribution in [0.5, 0.6) is 0 Å². The molecule has 0 heterocycles. The van der Waals surface area contributed by atoms with Crippen LogP contribution in [0.3, 0.4) is 0 Å². The molecule has 0 aliphatic rings. The van der Waals surface area contributed by atoms with Crippen molar-refractivity contribution >= 4 is 0 Å². The maximum absolute atomic E-state index is 3.64. The summed E-state index contributed by atoms with van der Waals surface area (Å²) < 4.78 is 0. The van der Waals surface area contributed by atoms with E-state index >= 15 is 0 Å². The standard InChI is InChI=1S/C9H17N/c1-5-6-9(2)7-8-10(3)4/h5-6H,1,7-8H2,2-4H3/b9-6+. The van der Waals surface area contributed by atoms with Crippen molar-refractivity contribution in [2.75, 3.05) is 20.6 Å². The van der Waals surface area contributed by atoms with Gasteiger partial charge in [-0.2, -0.15) is 0 Å². The van der Waals surface area contributed by atoms with Crippen molar-refractivity contribution < 1.29 is 0 Å². The van der Waals surface area contributed by atoms with Crippen LogP contribution < -0.4 is 0 Å². The molecule has 0 aliphatic heterocycles. The Hall–Kier alpha value is -0.560. The molecule has 0 atom stereocenters. The summed E-state index contributed by atoms with van der Waals surface area (Å²) in [6.07, 6.45) is 5.04. The third-order valence-electron chi connectivity index (χ3n) is 1.36. The van der Waals surface area contributed by atoms with Crippen molar-refractivity contribution in [1.29, 1.82) is 0 Å². The van der Waals surface area contributed by atoms with E-state index in [1.165, 1.54) is 5.57 Å². The maximum atomic E-state index is 3.64. The van der Waals surface area contributed by atoms with Gasteiger partial charge in [-0.15, -0.1) is 0 Å². The summed E-state index contributed by atoms with van der Waals surface area (Å²) >= 11 is 0. The van der Waals surface area contributed by atoms with E-state index in [4.69, 9.17) is 0 Å². The fourth-order valence-corrected chi connectivity index (χ4v) is 0.684. The smallest absolute Gasteiger partial charge is 0.00125 e. The molecule has 1 nitrogen and oxygen atoms in total. The Morgan fingerprint density at radius 1 is 1.50 bits per heavy atom. The molecule has 0 rings (SSSR count). The van der Waals surface area contributed by atoms with Gasteiger partial charge < -0.3 is 4.90 Å². The van der Waals surface area contributed by atoms with Gasteiger partial charge in [0.2, 0.25) is 0 Å². The van der Waals surface area contributed by atoms with Crippen LogP contribution in [0.2, 0.25) is 0 Å². The van der Waals surface area contributed by atoms with E-state index in [-0.39, 0.29) is 0 Å². The van der Waals surface area contributed by atoms with Crippen molar-refractivity contribution in [1.82, 2.24) is 4.90 Å². The molecule has 10 heavy (non-hydrogen) atoms. The van der Waals surface area contributed by atoms with E-state index in [1.807, 2.05) is 6.08 Å². The summed E-state index contributed by atoms with van der Waals surface area (Å²) in [4.78, 5) is 2.18. The van der Waals surface area contributed by atoms with E-state index in [1.54, 1.807) is 0 Å². The average Bonchev–Trinajstić information content (AvgIpc) is 1.85. The van der Waals surface area contributed by atoms with E-state index in [0.717, 1.165) is 13.0 Å². The van der Waals surface area contributed by atoms with Crippen LogP contribution in [-0.2, 0) is 0 Å². The van der Waals surface area contributed by atoms with E-state index in [2.05, 4.69) is 38.6 Å². The molecule has 0 saturated heterocycles. The lowest BCUT2D eigenvalue weighted by Gasteiger charge is -2.08. The fraction of sp³-hybridized carbons (Fsp3) is 0.556. The lowest BCUT2D eigenvalue weighted by Crippen LogP contribution is -2.12. The molecule has 0 saturated carbocycles. The molecule has 58 valence electrons. The third kappa shape index (κ3) is 5.57.